The number of alkyl carbamates (subject to hydrolysis) is 1. The number of rotatable bonds is 8. The molecule has 1 fully saturated rings. The Labute approximate surface area is 117 Å². The number of unbranched alkanes of at least 4 members (excludes halogenated alkanes) is 1. The first-order chi connectivity index (χ1) is 8.90. The Kier molecular flexibility index (Phi) is 6.63. The zero-order chi connectivity index (χ0) is 14.3. The minimum atomic E-state index is -0.430. The maximum Gasteiger partial charge on any atom is 0.407 e. The van der Waals surface area contributed by atoms with Gasteiger partial charge >= 0.3 is 6.09 Å². The van der Waals surface area contributed by atoms with Crippen molar-refractivity contribution >= 4 is 6.09 Å². The third kappa shape index (κ3) is 8.87. The van der Waals surface area contributed by atoms with Crippen molar-refractivity contribution < 1.29 is 9.53 Å². The van der Waals surface area contributed by atoms with Gasteiger partial charge in [0.15, 0.2) is 0 Å². The molecule has 2 N–H and O–H groups in total. The molecular formula is C15H30N2O2. The van der Waals surface area contributed by atoms with E-state index < -0.39 is 5.60 Å². The van der Waals surface area contributed by atoms with Crippen LogP contribution in [0, 0.1) is 5.92 Å². The minimum Gasteiger partial charge on any atom is -0.444 e. The monoisotopic (exact) mass is 270 g/mol. The number of ether oxygens (including phenoxy) is 1. The molecule has 0 aromatic heterocycles. The summed E-state index contributed by atoms with van der Waals surface area (Å²) in [6, 6.07) is 0.175. The Balaban J connectivity index is 2.27. The van der Waals surface area contributed by atoms with E-state index in [4.69, 9.17) is 4.74 Å². The van der Waals surface area contributed by atoms with Gasteiger partial charge in [-0.15, -0.1) is 0 Å². The van der Waals surface area contributed by atoms with Crippen molar-refractivity contribution in [3.8, 4) is 0 Å². The van der Waals surface area contributed by atoms with Crippen LogP contribution < -0.4 is 10.6 Å². The molecule has 0 aliphatic heterocycles. The molecule has 0 spiro atoms. The molecule has 1 saturated carbocycles. The van der Waals surface area contributed by atoms with Gasteiger partial charge in [0.25, 0.3) is 0 Å². The smallest absolute Gasteiger partial charge is 0.407 e. The molecule has 0 unspecified atom stereocenters. The standard InChI is InChI=1S/C15H30N2O2/c1-5-6-7-13(11-16-10-12-8-9-12)17-14(18)19-15(2,3)4/h12-13,16H,5-11H2,1-4H3,(H,17,18)/t13-/m0/s1. The van der Waals surface area contributed by atoms with Crippen molar-refractivity contribution in [2.75, 3.05) is 13.1 Å². The van der Waals surface area contributed by atoms with E-state index in [1.54, 1.807) is 0 Å². The molecule has 1 aliphatic carbocycles. The van der Waals surface area contributed by atoms with Gasteiger partial charge in [-0.2, -0.15) is 0 Å². The maximum atomic E-state index is 11.8. The SMILES string of the molecule is CCCC[C@@H](CNCC1CC1)NC(=O)OC(C)(C)C. The first-order valence-corrected chi connectivity index (χ1v) is 7.61. The maximum absolute atomic E-state index is 11.8. The van der Waals surface area contributed by atoms with Crippen LogP contribution in [0.25, 0.3) is 0 Å². The van der Waals surface area contributed by atoms with Gasteiger partial charge in [-0.1, -0.05) is 19.8 Å². The number of nitrogens with one attached hydrogen (secondary N) is 2. The summed E-state index contributed by atoms with van der Waals surface area (Å²) in [7, 11) is 0. The van der Waals surface area contributed by atoms with Crippen LogP contribution in [0.2, 0.25) is 0 Å². The van der Waals surface area contributed by atoms with Crippen molar-refractivity contribution in [2.45, 2.75) is 71.4 Å². The molecule has 19 heavy (non-hydrogen) atoms. The van der Waals surface area contributed by atoms with Crippen LogP contribution in [0.15, 0.2) is 0 Å². The highest BCUT2D eigenvalue weighted by molar-refractivity contribution is 5.68. The van der Waals surface area contributed by atoms with E-state index in [1.165, 1.54) is 12.8 Å². The fourth-order valence-corrected chi connectivity index (χ4v) is 1.93. The topological polar surface area (TPSA) is 50.4 Å². The van der Waals surface area contributed by atoms with Crippen molar-refractivity contribution in [1.29, 1.82) is 0 Å². The Morgan fingerprint density at radius 2 is 2.05 bits per heavy atom. The van der Waals surface area contributed by atoms with E-state index in [2.05, 4.69) is 17.6 Å². The molecule has 0 aromatic rings. The van der Waals surface area contributed by atoms with Crippen LogP contribution >= 0.6 is 0 Å². The summed E-state index contributed by atoms with van der Waals surface area (Å²) in [5.41, 5.74) is -0.430. The Morgan fingerprint density at radius 3 is 2.58 bits per heavy atom. The lowest BCUT2D eigenvalue weighted by Crippen LogP contribution is -2.44. The molecule has 0 radical (unpaired) electrons. The summed E-state index contributed by atoms with van der Waals surface area (Å²) in [5.74, 6) is 0.869. The van der Waals surface area contributed by atoms with Crippen LogP contribution in [0.1, 0.15) is 59.8 Å². The van der Waals surface area contributed by atoms with Crippen molar-refractivity contribution in [2.24, 2.45) is 5.92 Å². The molecule has 1 aliphatic rings. The molecule has 4 nitrogen and oxygen atoms in total. The van der Waals surface area contributed by atoms with Crippen molar-refractivity contribution in [1.82, 2.24) is 10.6 Å². The number of hydrogen-bond acceptors (Lipinski definition) is 3. The number of hydrogen-bond donors (Lipinski definition) is 2. The van der Waals surface area contributed by atoms with E-state index in [0.717, 1.165) is 38.3 Å². The van der Waals surface area contributed by atoms with E-state index in [9.17, 15) is 4.79 Å². The van der Waals surface area contributed by atoms with Gasteiger partial charge in [-0.3, -0.25) is 0 Å². The summed E-state index contributed by atoms with van der Waals surface area (Å²) >= 11 is 0. The lowest BCUT2D eigenvalue weighted by molar-refractivity contribution is 0.0501. The fourth-order valence-electron chi connectivity index (χ4n) is 1.93. The van der Waals surface area contributed by atoms with Crippen LogP contribution in [-0.2, 0) is 4.74 Å². The lowest BCUT2D eigenvalue weighted by Gasteiger charge is -2.24. The zero-order valence-electron chi connectivity index (χ0n) is 12.9. The fraction of sp³-hybridized carbons (Fsp3) is 0.933. The number of carbonyl (C=O) groups excluding carboxylic acids is 1. The van der Waals surface area contributed by atoms with E-state index in [-0.39, 0.29) is 12.1 Å². The Hall–Kier alpha value is -0.770. The van der Waals surface area contributed by atoms with Crippen LogP contribution in [0.5, 0.6) is 0 Å². The first-order valence-electron chi connectivity index (χ1n) is 7.61. The lowest BCUT2D eigenvalue weighted by atomic mass is 10.1. The third-order valence-corrected chi connectivity index (χ3v) is 3.15. The first kappa shape index (κ1) is 16.3. The summed E-state index contributed by atoms with van der Waals surface area (Å²) in [5, 5.41) is 6.43. The molecule has 0 heterocycles. The van der Waals surface area contributed by atoms with Gasteiger partial charge in [0.1, 0.15) is 5.60 Å². The van der Waals surface area contributed by atoms with Gasteiger partial charge in [0.2, 0.25) is 0 Å². The molecule has 1 amide bonds. The van der Waals surface area contributed by atoms with Crippen molar-refractivity contribution in [3.05, 3.63) is 0 Å². The number of carbonyl (C=O) groups is 1. The zero-order valence-corrected chi connectivity index (χ0v) is 12.9. The average Bonchev–Trinajstić information content (AvgIpc) is 3.06. The number of amides is 1. The van der Waals surface area contributed by atoms with Crippen LogP contribution in [0.4, 0.5) is 4.79 Å². The normalized spacial score (nSPS) is 17.1. The molecule has 112 valence electrons. The highest BCUT2D eigenvalue weighted by Crippen LogP contribution is 2.27. The van der Waals surface area contributed by atoms with Gasteiger partial charge < -0.3 is 15.4 Å². The molecule has 1 rings (SSSR count). The van der Waals surface area contributed by atoms with Crippen molar-refractivity contribution in [3.63, 3.8) is 0 Å². The van der Waals surface area contributed by atoms with Gasteiger partial charge in [0.05, 0.1) is 0 Å². The summed E-state index contributed by atoms with van der Waals surface area (Å²) in [6.45, 7) is 9.76. The quantitative estimate of drug-likeness (QED) is 0.712. The Morgan fingerprint density at radius 1 is 1.37 bits per heavy atom. The second kappa shape index (κ2) is 7.73. The van der Waals surface area contributed by atoms with Crippen LogP contribution in [0.3, 0.4) is 0 Å². The largest absolute Gasteiger partial charge is 0.444 e. The summed E-state index contributed by atoms with van der Waals surface area (Å²) < 4.78 is 5.31. The average molecular weight is 270 g/mol. The molecule has 0 saturated heterocycles. The predicted octanol–water partition coefficient (Wildman–Crippen LogP) is 3.07. The summed E-state index contributed by atoms with van der Waals surface area (Å²) in [4.78, 5) is 11.8. The van der Waals surface area contributed by atoms with Gasteiger partial charge in [-0.05, 0) is 52.5 Å². The van der Waals surface area contributed by atoms with Gasteiger partial charge in [0, 0.05) is 12.6 Å². The second-order valence-corrected chi connectivity index (χ2v) is 6.59. The second-order valence-electron chi connectivity index (χ2n) is 6.59. The van der Waals surface area contributed by atoms with E-state index in [1.807, 2.05) is 20.8 Å². The third-order valence-electron chi connectivity index (χ3n) is 3.15. The highest BCUT2D eigenvalue weighted by atomic mass is 16.6. The van der Waals surface area contributed by atoms with Crippen LogP contribution in [-0.4, -0.2) is 30.8 Å². The highest BCUT2D eigenvalue weighted by Gasteiger charge is 2.22. The van der Waals surface area contributed by atoms with Gasteiger partial charge in [-0.25, -0.2) is 4.79 Å². The molecule has 1 atom stereocenters. The molecule has 0 bridgehead atoms. The van der Waals surface area contributed by atoms with E-state index >= 15 is 0 Å². The van der Waals surface area contributed by atoms with E-state index in [0.29, 0.717) is 0 Å². The minimum absolute atomic E-state index is 0.175. The molecule has 4 heteroatoms. The Bertz CT molecular complexity index is 270. The molecule has 0 aromatic carbocycles. The predicted molar refractivity (Wildman–Crippen MR) is 78.3 cm³/mol. The summed E-state index contributed by atoms with van der Waals surface area (Å²) in [6.07, 6.45) is 5.69. The molecular weight excluding hydrogens is 240 g/mol.